The number of esters is 1. The molecule has 0 bridgehead atoms. The van der Waals surface area contributed by atoms with Gasteiger partial charge in [0.2, 0.25) is 16.9 Å². The number of rotatable bonds is 8. The molecule has 1 unspecified atom stereocenters. The van der Waals surface area contributed by atoms with Gasteiger partial charge in [-0.1, -0.05) is 42.1 Å². The maximum absolute atomic E-state index is 12.6. The predicted molar refractivity (Wildman–Crippen MR) is 120 cm³/mol. The Morgan fingerprint density at radius 2 is 2.06 bits per heavy atom. The van der Waals surface area contributed by atoms with Crippen molar-refractivity contribution >= 4 is 29.4 Å². The molecule has 2 aromatic heterocycles. The molecule has 11 heteroatoms. The van der Waals surface area contributed by atoms with E-state index >= 15 is 0 Å². The van der Waals surface area contributed by atoms with Crippen molar-refractivity contribution in [2.24, 2.45) is 0 Å². The van der Waals surface area contributed by atoms with E-state index in [1.54, 1.807) is 15.5 Å². The van der Waals surface area contributed by atoms with Crippen LogP contribution in [0, 0.1) is 6.92 Å². The van der Waals surface area contributed by atoms with Crippen LogP contribution in [0.15, 0.2) is 41.6 Å². The van der Waals surface area contributed by atoms with Crippen molar-refractivity contribution in [1.82, 2.24) is 24.5 Å². The third kappa shape index (κ3) is 5.99. The number of nitrogens with zero attached hydrogens (tertiary/aromatic N) is 5. The van der Waals surface area contributed by atoms with Gasteiger partial charge in [0, 0.05) is 18.3 Å². The molecule has 1 atom stereocenters. The number of benzene rings is 1. The topological polar surface area (TPSA) is 108 Å². The Balaban J connectivity index is 1.29. The Labute approximate surface area is 195 Å². The lowest BCUT2D eigenvalue weighted by molar-refractivity contribution is -0.153. The number of hydrogen-bond donors (Lipinski definition) is 0. The molecule has 3 heterocycles. The molecule has 1 aromatic carbocycles. The molecule has 0 aliphatic carbocycles. The molecule has 1 fully saturated rings. The Morgan fingerprint density at radius 1 is 1.24 bits per heavy atom. The molecule has 10 nitrogen and oxygen atoms in total. The van der Waals surface area contributed by atoms with Crippen LogP contribution in [0.3, 0.4) is 0 Å². The highest BCUT2D eigenvalue weighted by molar-refractivity contribution is 7.98. The Bertz CT molecular complexity index is 1120. The molecule has 0 saturated carbocycles. The highest BCUT2D eigenvalue weighted by Crippen LogP contribution is 2.18. The van der Waals surface area contributed by atoms with E-state index < -0.39 is 5.97 Å². The van der Waals surface area contributed by atoms with Gasteiger partial charge in [-0.25, -0.2) is 4.98 Å². The summed E-state index contributed by atoms with van der Waals surface area (Å²) in [4.78, 5) is 35.0. The van der Waals surface area contributed by atoms with Crippen LogP contribution in [0.25, 0.3) is 5.78 Å². The first-order valence-corrected chi connectivity index (χ1v) is 11.7. The Kier molecular flexibility index (Phi) is 7.40. The second-order valence-electron chi connectivity index (χ2n) is 7.51. The first-order valence-electron chi connectivity index (χ1n) is 10.5. The molecule has 0 spiro atoms. The van der Waals surface area contributed by atoms with E-state index in [1.807, 2.05) is 43.5 Å². The van der Waals surface area contributed by atoms with Gasteiger partial charge >= 0.3 is 5.97 Å². The minimum atomic E-state index is -0.548. The van der Waals surface area contributed by atoms with Gasteiger partial charge in [-0.15, -0.1) is 5.10 Å². The molecular weight excluding hydrogens is 446 g/mol. The average molecular weight is 472 g/mol. The number of ether oxygens (including phenoxy) is 3. The van der Waals surface area contributed by atoms with Crippen molar-refractivity contribution in [2.75, 3.05) is 32.6 Å². The van der Waals surface area contributed by atoms with E-state index in [9.17, 15) is 9.59 Å². The maximum atomic E-state index is 12.6. The smallest absolute Gasteiger partial charge is 0.315 e. The summed E-state index contributed by atoms with van der Waals surface area (Å²) >= 11 is 1.42. The summed E-state index contributed by atoms with van der Waals surface area (Å²) in [7, 11) is 0. The van der Waals surface area contributed by atoms with Crippen molar-refractivity contribution < 1.29 is 23.8 Å². The van der Waals surface area contributed by atoms with Crippen molar-refractivity contribution in [3.63, 3.8) is 0 Å². The van der Waals surface area contributed by atoms with Gasteiger partial charge in [0.15, 0.2) is 0 Å². The third-order valence-corrected chi connectivity index (χ3v) is 5.56. The highest BCUT2D eigenvalue weighted by atomic mass is 32.2. The van der Waals surface area contributed by atoms with E-state index in [0.29, 0.717) is 36.5 Å². The fraction of sp³-hybridized carbons (Fsp3) is 0.409. The first kappa shape index (κ1) is 23.0. The van der Waals surface area contributed by atoms with Crippen LogP contribution in [0.1, 0.15) is 17.7 Å². The lowest BCUT2D eigenvalue weighted by atomic mass is 10.2. The van der Waals surface area contributed by atoms with Crippen LogP contribution in [-0.2, 0) is 25.7 Å². The van der Waals surface area contributed by atoms with E-state index in [1.165, 1.54) is 11.8 Å². The largest absolute Gasteiger partial charge is 0.475 e. The highest BCUT2D eigenvalue weighted by Gasteiger charge is 2.27. The summed E-state index contributed by atoms with van der Waals surface area (Å²) in [6.45, 7) is 3.33. The van der Waals surface area contributed by atoms with E-state index in [0.717, 1.165) is 11.3 Å². The second kappa shape index (κ2) is 10.6. The zero-order valence-corrected chi connectivity index (χ0v) is 19.3. The summed E-state index contributed by atoms with van der Waals surface area (Å²) in [5, 5.41) is 4.98. The Hall–Kier alpha value is -3.18. The number of fused-ring (bicyclic) bond motifs is 1. The second-order valence-corrected chi connectivity index (χ2v) is 8.29. The van der Waals surface area contributed by atoms with E-state index in [-0.39, 0.29) is 31.6 Å². The van der Waals surface area contributed by atoms with Crippen molar-refractivity contribution in [3.8, 4) is 5.88 Å². The van der Waals surface area contributed by atoms with E-state index in [4.69, 9.17) is 14.2 Å². The zero-order valence-electron chi connectivity index (χ0n) is 18.5. The standard InChI is InChI=1S/C22H25N5O5S/c1-15-10-19(27-21(23-15)24-22(25-27)33-2)31-14-17-12-26(8-9-30-17)18(28)11-20(29)32-13-16-6-4-3-5-7-16/h3-7,10,17H,8-9,11-14H2,1-2H3. The molecule has 0 radical (unpaired) electrons. The van der Waals surface area contributed by atoms with Crippen LogP contribution in [0.4, 0.5) is 0 Å². The van der Waals surface area contributed by atoms with Crippen molar-refractivity contribution in [2.45, 2.75) is 31.2 Å². The van der Waals surface area contributed by atoms with E-state index in [2.05, 4.69) is 15.1 Å². The summed E-state index contributed by atoms with van der Waals surface area (Å²) < 4.78 is 18.5. The number of thioether (sulfide) groups is 1. The molecule has 1 aliphatic heterocycles. The number of aryl methyl sites for hydroxylation is 1. The van der Waals surface area contributed by atoms with Crippen LogP contribution in [-0.4, -0.2) is 75.0 Å². The molecule has 1 aliphatic rings. The number of amides is 1. The number of carbonyl (C=O) groups excluding carboxylic acids is 2. The normalized spacial score (nSPS) is 16.1. The number of aromatic nitrogens is 4. The monoisotopic (exact) mass is 471 g/mol. The fourth-order valence-electron chi connectivity index (χ4n) is 3.37. The molecule has 1 saturated heterocycles. The van der Waals surface area contributed by atoms with Crippen molar-refractivity contribution in [3.05, 3.63) is 47.7 Å². The average Bonchev–Trinajstić information content (AvgIpc) is 3.25. The van der Waals surface area contributed by atoms with Crippen LogP contribution in [0.5, 0.6) is 5.88 Å². The summed E-state index contributed by atoms with van der Waals surface area (Å²) in [5.74, 6) is 0.129. The molecule has 33 heavy (non-hydrogen) atoms. The van der Waals surface area contributed by atoms with Gasteiger partial charge in [-0.3, -0.25) is 9.59 Å². The quantitative estimate of drug-likeness (QED) is 0.276. The van der Waals surface area contributed by atoms with Gasteiger partial charge in [0.25, 0.3) is 5.78 Å². The lowest BCUT2D eigenvalue weighted by Gasteiger charge is -2.32. The van der Waals surface area contributed by atoms with Crippen LogP contribution >= 0.6 is 11.8 Å². The van der Waals surface area contributed by atoms with Crippen LogP contribution in [0.2, 0.25) is 0 Å². The fourth-order valence-corrected chi connectivity index (χ4v) is 3.71. The lowest BCUT2D eigenvalue weighted by Crippen LogP contribution is -2.48. The summed E-state index contributed by atoms with van der Waals surface area (Å²) in [6.07, 6.45) is 1.25. The van der Waals surface area contributed by atoms with Gasteiger partial charge in [0.05, 0.1) is 13.2 Å². The molecular formula is C22H25N5O5S. The Morgan fingerprint density at radius 3 is 2.85 bits per heavy atom. The van der Waals surface area contributed by atoms with Gasteiger partial charge in [-0.2, -0.15) is 9.50 Å². The maximum Gasteiger partial charge on any atom is 0.315 e. The summed E-state index contributed by atoms with van der Waals surface area (Å²) in [5.41, 5.74) is 1.63. The summed E-state index contributed by atoms with van der Waals surface area (Å²) in [6, 6.07) is 11.1. The minimum absolute atomic E-state index is 0.146. The first-order chi connectivity index (χ1) is 16.0. The number of morpholine rings is 1. The van der Waals surface area contributed by atoms with Crippen molar-refractivity contribution in [1.29, 1.82) is 0 Å². The van der Waals surface area contributed by atoms with Gasteiger partial charge in [0.1, 0.15) is 25.7 Å². The van der Waals surface area contributed by atoms with Gasteiger partial charge in [-0.05, 0) is 18.7 Å². The molecule has 0 N–H and O–H groups in total. The molecule has 174 valence electrons. The predicted octanol–water partition coefficient (Wildman–Crippen LogP) is 1.89. The molecule has 3 aromatic rings. The van der Waals surface area contributed by atoms with Gasteiger partial charge < -0.3 is 19.1 Å². The third-order valence-electron chi connectivity index (χ3n) is 5.02. The van der Waals surface area contributed by atoms with Crippen LogP contribution < -0.4 is 4.74 Å². The number of hydrogen-bond acceptors (Lipinski definition) is 9. The molecule has 1 amide bonds. The minimum Gasteiger partial charge on any atom is -0.475 e. The zero-order chi connectivity index (χ0) is 23.2. The number of carbonyl (C=O) groups is 2. The SMILES string of the molecule is CSc1nc2nc(C)cc(OCC3CN(C(=O)CC(=O)OCc4ccccc4)CCO3)n2n1. The molecule has 4 rings (SSSR count).